The SMILES string of the molecule is CC1CCCC(N)(CNCC2CC2(C)C)C1. The molecule has 16 heavy (non-hydrogen) atoms. The zero-order valence-electron chi connectivity index (χ0n) is 11.2. The minimum atomic E-state index is 0.0801. The minimum Gasteiger partial charge on any atom is -0.324 e. The molecule has 3 N–H and O–H groups in total. The van der Waals surface area contributed by atoms with E-state index in [9.17, 15) is 0 Å². The second kappa shape index (κ2) is 4.30. The van der Waals surface area contributed by atoms with Crippen LogP contribution in [0.5, 0.6) is 0 Å². The van der Waals surface area contributed by atoms with Gasteiger partial charge in [-0.15, -0.1) is 0 Å². The first-order valence-corrected chi connectivity index (χ1v) is 6.91. The van der Waals surface area contributed by atoms with Crippen LogP contribution < -0.4 is 11.1 Å². The molecule has 3 unspecified atom stereocenters. The Morgan fingerprint density at radius 1 is 1.31 bits per heavy atom. The number of rotatable bonds is 4. The standard InChI is InChI=1S/C14H28N2/c1-11-5-4-6-14(15,7-11)10-16-9-12-8-13(12,2)3/h11-12,16H,4-10,15H2,1-3H3. The van der Waals surface area contributed by atoms with Crippen molar-refractivity contribution in [2.45, 2.75) is 58.4 Å². The summed E-state index contributed by atoms with van der Waals surface area (Å²) < 4.78 is 0. The van der Waals surface area contributed by atoms with Gasteiger partial charge in [0.1, 0.15) is 0 Å². The highest BCUT2D eigenvalue weighted by Gasteiger charge is 2.45. The lowest BCUT2D eigenvalue weighted by Crippen LogP contribution is -2.51. The molecule has 0 heterocycles. The van der Waals surface area contributed by atoms with E-state index in [1.165, 1.54) is 38.6 Å². The van der Waals surface area contributed by atoms with E-state index in [1.54, 1.807) is 0 Å². The predicted octanol–water partition coefficient (Wildman–Crippen LogP) is 2.53. The van der Waals surface area contributed by atoms with Crippen molar-refractivity contribution in [3.63, 3.8) is 0 Å². The molecule has 0 aromatic heterocycles. The average Bonchev–Trinajstić information content (AvgIpc) is 2.73. The van der Waals surface area contributed by atoms with E-state index in [0.29, 0.717) is 5.41 Å². The Labute approximate surface area is 100 Å². The van der Waals surface area contributed by atoms with Crippen molar-refractivity contribution >= 4 is 0 Å². The second-order valence-electron chi connectivity index (χ2n) is 7.08. The van der Waals surface area contributed by atoms with Gasteiger partial charge in [0.25, 0.3) is 0 Å². The summed E-state index contributed by atoms with van der Waals surface area (Å²) in [6, 6.07) is 0. The van der Waals surface area contributed by atoms with Crippen LogP contribution in [0.25, 0.3) is 0 Å². The van der Waals surface area contributed by atoms with Gasteiger partial charge in [-0.1, -0.05) is 33.6 Å². The monoisotopic (exact) mass is 224 g/mol. The summed E-state index contributed by atoms with van der Waals surface area (Å²) in [5, 5.41) is 3.61. The summed E-state index contributed by atoms with van der Waals surface area (Å²) in [6.45, 7) is 9.25. The van der Waals surface area contributed by atoms with Crippen molar-refractivity contribution in [1.82, 2.24) is 5.32 Å². The zero-order valence-corrected chi connectivity index (χ0v) is 11.2. The van der Waals surface area contributed by atoms with E-state index in [2.05, 4.69) is 26.1 Å². The Morgan fingerprint density at radius 3 is 2.56 bits per heavy atom. The first kappa shape index (κ1) is 12.4. The summed E-state index contributed by atoms with van der Waals surface area (Å²) in [5.41, 5.74) is 7.13. The molecule has 2 aliphatic carbocycles. The van der Waals surface area contributed by atoms with Crippen LogP contribution in [-0.2, 0) is 0 Å². The maximum atomic E-state index is 6.46. The van der Waals surface area contributed by atoms with Crippen LogP contribution in [-0.4, -0.2) is 18.6 Å². The van der Waals surface area contributed by atoms with Gasteiger partial charge in [0, 0.05) is 12.1 Å². The van der Waals surface area contributed by atoms with Crippen molar-refractivity contribution in [1.29, 1.82) is 0 Å². The number of nitrogens with one attached hydrogen (secondary N) is 1. The topological polar surface area (TPSA) is 38.0 Å². The molecule has 0 aromatic carbocycles. The van der Waals surface area contributed by atoms with Gasteiger partial charge in [0.05, 0.1) is 0 Å². The second-order valence-corrected chi connectivity index (χ2v) is 7.08. The van der Waals surface area contributed by atoms with Gasteiger partial charge < -0.3 is 11.1 Å². The molecular formula is C14H28N2. The highest BCUT2D eigenvalue weighted by atomic mass is 14.9. The lowest BCUT2D eigenvalue weighted by Gasteiger charge is -2.37. The molecule has 0 saturated heterocycles. The van der Waals surface area contributed by atoms with Gasteiger partial charge in [-0.25, -0.2) is 0 Å². The van der Waals surface area contributed by atoms with E-state index >= 15 is 0 Å². The largest absolute Gasteiger partial charge is 0.324 e. The highest BCUT2D eigenvalue weighted by Crippen LogP contribution is 2.51. The number of hydrogen-bond acceptors (Lipinski definition) is 2. The van der Waals surface area contributed by atoms with E-state index in [0.717, 1.165) is 18.4 Å². The molecule has 2 aliphatic rings. The first-order valence-electron chi connectivity index (χ1n) is 6.91. The fraction of sp³-hybridized carbons (Fsp3) is 1.00. The van der Waals surface area contributed by atoms with Gasteiger partial charge in [-0.05, 0) is 43.1 Å². The molecule has 0 aliphatic heterocycles. The Bertz CT molecular complexity index is 249. The summed E-state index contributed by atoms with van der Waals surface area (Å²) in [7, 11) is 0. The van der Waals surface area contributed by atoms with Gasteiger partial charge in [0.2, 0.25) is 0 Å². The van der Waals surface area contributed by atoms with Gasteiger partial charge in [0.15, 0.2) is 0 Å². The molecule has 0 amide bonds. The molecule has 2 saturated carbocycles. The molecule has 94 valence electrons. The summed E-state index contributed by atoms with van der Waals surface area (Å²) in [5.74, 6) is 1.70. The van der Waals surface area contributed by atoms with E-state index in [1.807, 2.05) is 0 Å². The Kier molecular flexibility index (Phi) is 3.33. The molecule has 2 nitrogen and oxygen atoms in total. The maximum absolute atomic E-state index is 6.46. The molecule has 2 fully saturated rings. The van der Waals surface area contributed by atoms with E-state index in [-0.39, 0.29) is 5.54 Å². The van der Waals surface area contributed by atoms with Gasteiger partial charge in [-0.2, -0.15) is 0 Å². The van der Waals surface area contributed by atoms with Crippen molar-refractivity contribution in [3.8, 4) is 0 Å². The fourth-order valence-electron chi connectivity index (χ4n) is 3.28. The third kappa shape index (κ3) is 2.98. The van der Waals surface area contributed by atoms with Crippen LogP contribution in [0.2, 0.25) is 0 Å². The van der Waals surface area contributed by atoms with E-state index in [4.69, 9.17) is 5.73 Å². The maximum Gasteiger partial charge on any atom is 0.0283 e. The van der Waals surface area contributed by atoms with E-state index < -0.39 is 0 Å². The summed E-state index contributed by atoms with van der Waals surface area (Å²) in [6.07, 6.45) is 6.48. The third-order valence-electron chi connectivity index (χ3n) is 4.71. The van der Waals surface area contributed by atoms with Crippen molar-refractivity contribution in [3.05, 3.63) is 0 Å². The van der Waals surface area contributed by atoms with Crippen LogP contribution in [0.3, 0.4) is 0 Å². The van der Waals surface area contributed by atoms with Crippen LogP contribution in [0.4, 0.5) is 0 Å². The van der Waals surface area contributed by atoms with Gasteiger partial charge >= 0.3 is 0 Å². The summed E-state index contributed by atoms with van der Waals surface area (Å²) >= 11 is 0. The van der Waals surface area contributed by atoms with Crippen molar-refractivity contribution in [2.24, 2.45) is 23.0 Å². The summed E-state index contributed by atoms with van der Waals surface area (Å²) in [4.78, 5) is 0. The minimum absolute atomic E-state index is 0.0801. The molecular weight excluding hydrogens is 196 g/mol. The third-order valence-corrected chi connectivity index (χ3v) is 4.71. The number of nitrogens with two attached hydrogens (primary N) is 1. The molecule has 2 rings (SSSR count). The van der Waals surface area contributed by atoms with Gasteiger partial charge in [-0.3, -0.25) is 0 Å². The van der Waals surface area contributed by atoms with Crippen LogP contribution in [0, 0.1) is 17.3 Å². The molecule has 0 aromatic rings. The number of hydrogen-bond donors (Lipinski definition) is 2. The lowest BCUT2D eigenvalue weighted by atomic mass is 9.77. The smallest absolute Gasteiger partial charge is 0.0283 e. The predicted molar refractivity (Wildman–Crippen MR) is 69.3 cm³/mol. The Hall–Kier alpha value is -0.0800. The normalized spacial score (nSPS) is 42.0. The fourth-order valence-corrected chi connectivity index (χ4v) is 3.28. The van der Waals surface area contributed by atoms with Crippen LogP contribution in [0.1, 0.15) is 52.9 Å². The Morgan fingerprint density at radius 2 is 2.00 bits per heavy atom. The molecule has 0 radical (unpaired) electrons. The highest BCUT2D eigenvalue weighted by molar-refractivity contribution is 4.97. The molecule has 0 bridgehead atoms. The Balaban J connectivity index is 1.68. The van der Waals surface area contributed by atoms with Crippen molar-refractivity contribution in [2.75, 3.05) is 13.1 Å². The molecule has 3 atom stereocenters. The molecule has 0 spiro atoms. The quantitative estimate of drug-likeness (QED) is 0.770. The van der Waals surface area contributed by atoms with Crippen LogP contribution >= 0.6 is 0 Å². The first-order chi connectivity index (χ1) is 7.41. The molecule has 2 heteroatoms. The lowest BCUT2D eigenvalue weighted by molar-refractivity contribution is 0.228. The van der Waals surface area contributed by atoms with Crippen LogP contribution in [0.15, 0.2) is 0 Å². The van der Waals surface area contributed by atoms with Crippen molar-refractivity contribution < 1.29 is 0 Å². The average molecular weight is 224 g/mol. The zero-order chi connectivity index (χ0) is 11.8.